The molecule has 1 fully saturated rings. The Morgan fingerprint density at radius 2 is 2.06 bits per heavy atom. The number of methoxy groups -OCH3 is 1. The van der Waals surface area contributed by atoms with E-state index in [1.54, 1.807) is 7.11 Å². The molecular formula is C13H23N3O2. The lowest BCUT2D eigenvalue weighted by Gasteiger charge is -2.35. The predicted octanol–water partition coefficient (Wildman–Crippen LogP) is 2.94. The van der Waals surface area contributed by atoms with Crippen LogP contribution in [0.1, 0.15) is 52.3 Å². The third-order valence-electron chi connectivity index (χ3n) is 3.72. The van der Waals surface area contributed by atoms with E-state index < -0.39 is 0 Å². The van der Waals surface area contributed by atoms with Gasteiger partial charge in [-0.25, -0.2) is 0 Å². The van der Waals surface area contributed by atoms with Gasteiger partial charge in [-0.05, 0) is 45.4 Å². The van der Waals surface area contributed by atoms with Crippen LogP contribution < -0.4 is 5.32 Å². The summed E-state index contributed by atoms with van der Waals surface area (Å²) in [5.74, 6) is 1.44. The van der Waals surface area contributed by atoms with Gasteiger partial charge in [-0.15, -0.1) is 0 Å². The van der Waals surface area contributed by atoms with Crippen molar-refractivity contribution >= 4 is 6.01 Å². The molecule has 1 heterocycles. The Morgan fingerprint density at radius 3 is 2.61 bits per heavy atom. The van der Waals surface area contributed by atoms with Gasteiger partial charge in [-0.2, -0.15) is 4.98 Å². The van der Waals surface area contributed by atoms with Crippen molar-refractivity contribution in [3.8, 4) is 0 Å². The summed E-state index contributed by atoms with van der Waals surface area (Å²) in [5.41, 5.74) is -0.354. The van der Waals surface area contributed by atoms with Gasteiger partial charge in [0.2, 0.25) is 5.82 Å². The fourth-order valence-electron chi connectivity index (χ4n) is 2.46. The van der Waals surface area contributed by atoms with E-state index in [1.807, 2.05) is 13.8 Å². The van der Waals surface area contributed by atoms with E-state index in [4.69, 9.17) is 9.26 Å². The molecule has 0 bridgehead atoms. The van der Waals surface area contributed by atoms with Crippen molar-refractivity contribution in [3.63, 3.8) is 0 Å². The molecule has 0 aromatic carbocycles. The Bertz CT molecular complexity index is 381. The van der Waals surface area contributed by atoms with Crippen molar-refractivity contribution < 1.29 is 9.26 Å². The number of nitrogens with one attached hydrogen (secondary N) is 1. The lowest BCUT2D eigenvalue weighted by atomic mass is 9.79. The second-order valence-corrected chi connectivity index (χ2v) is 5.60. The molecule has 0 unspecified atom stereocenters. The van der Waals surface area contributed by atoms with Gasteiger partial charge in [0.05, 0.1) is 0 Å². The Morgan fingerprint density at radius 1 is 1.39 bits per heavy atom. The highest BCUT2D eigenvalue weighted by atomic mass is 16.5. The van der Waals surface area contributed by atoms with Crippen molar-refractivity contribution in [2.45, 2.75) is 58.1 Å². The van der Waals surface area contributed by atoms with Crippen LogP contribution in [-0.2, 0) is 10.3 Å². The number of hydrogen-bond donors (Lipinski definition) is 1. The van der Waals surface area contributed by atoms with Crippen LogP contribution in [0.3, 0.4) is 0 Å². The Kier molecular flexibility index (Phi) is 3.90. The van der Waals surface area contributed by atoms with E-state index in [0.717, 1.165) is 31.6 Å². The van der Waals surface area contributed by atoms with Crippen LogP contribution in [0.4, 0.5) is 6.01 Å². The normalized spacial score (nSPS) is 28.6. The zero-order valence-electron chi connectivity index (χ0n) is 11.7. The Hall–Kier alpha value is -1.10. The molecule has 5 nitrogen and oxygen atoms in total. The average Bonchev–Trinajstić information content (AvgIpc) is 2.79. The molecule has 1 aliphatic carbocycles. The molecule has 1 saturated carbocycles. The van der Waals surface area contributed by atoms with Gasteiger partial charge in [-0.1, -0.05) is 12.1 Å². The van der Waals surface area contributed by atoms with Gasteiger partial charge in [0.1, 0.15) is 5.60 Å². The van der Waals surface area contributed by atoms with E-state index in [9.17, 15) is 0 Å². The van der Waals surface area contributed by atoms with Gasteiger partial charge in [-0.3, -0.25) is 0 Å². The van der Waals surface area contributed by atoms with E-state index >= 15 is 0 Å². The molecule has 1 aliphatic rings. The fourth-order valence-corrected chi connectivity index (χ4v) is 2.46. The second-order valence-electron chi connectivity index (χ2n) is 5.60. The zero-order chi connectivity index (χ0) is 13.2. The summed E-state index contributed by atoms with van der Waals surface area (Å²) in [6.45, 7) is 6.36. The summed E-state index contributed by atoms with van der Waals surface area (Å²) < 4.78 is 10.9. The maximum Gasteiger partial charge on any atom is 0.321 e. The molecule has 0 amide bonds. The van der Waals surface area contributed by atoms with Crippen LogP contribution in [0.5, 0.6) is 0 Å². The molecule has 1 aromatic rings. The van der Waals surface area contributed by atoms with E-state index in [2.05, 4.69) is 22.4 Å². The molecule has 1 aromatic heterocycles. The van der Waals surface area contributed by atoms with Crippen LogP contribution in [0, 0.1) is 5.92 Å². The summed E-state index contributed by atoms with van der Waals surface area (Å²) in [6.07, 6.45) is 4.22. The summed E-state index contributed by atoms with van der Waals surface area (Å²) in [4.78, 5) is 4.43. The van der Waals surface area contributed by atoms with Crippen LogP contribution in [0.25, 0.3) is 0 Å². The Labute approximate surface area is 108 Å². The minimum atomic E-state index is -0.354. The number of hydrogen-bond acceptors (Lipinski definition) is 5. The van der Waals surface area contributed by atoms with Crippen molar-refractivity contribution in [2.75, 3.05) is 12.4 Å². The SMILES string of the molecule is COC1(c2noc(NC(C)C)n2)CCC(C)CC1. The maximum atomic E-state index is 5.72. The smallest absolute Gasteiger partial charge is 0.321 e. The number of nitrogens with zero attached hydrogens (tertiary/aromatic N) is 2. The first-order valence-electron chi connectivity index (χ1n) is 6.71. The molecule has 1 N–H and O–H groups in total. The molecule has 102 valence electrons. The van der Waals surface area contributed by atoms with Crippen LogP contribution in [0.15, 0.2) is 4.52 Å². The van der Waals surface area contributed by atoms with E-state index in [0.29, 0.717) is 11.8 Å². The fraction of sp³-hybridized carbons (Fsp3) is 0.846. The van der Waals surface area contributed by atoms with Crippen LogP contribution in [-0.4, -0.2) is 23.3 Å². The van der Waals surface area contributed by atoms with Gasteiger partial charge >= 0.3 is 6.01 Å². The molecule has 5 heteroatoms. The maximum absolute atomic E-state index is 5.72. The molecule has 0 saturated heterocycles. The lowest BCUT2D eigenvalue weighted by Crippen LogP contribution is -2.34. The van der Waals surface area contributed by atoms with Crippen molar-refractivity contribution in [1.29, 1.82) is 0 Å². The average molecular weight is 253 g/mol. The Balaban J connectivity index is 2.14. The number of anilines is 1. The first-order valence-corrected chi connectivity index (χ1v) is 6.71. The van der Waals surface area contributed by atoms with Crippen molar-refractivity contribution in [2.24, 2.45) is 5.92 Å². The van der Waals surface area contributed by atoms with Crippen LogP contribution >= 0.6 is 0 Å². The van der Waals surface area contributed by atoms with E-state index in [-0.39, 0.29) is 11.6 Å². The van der Waals surface area contributed by atoms with Crippen molar-refractivity contribution in [1.82, 2.24) is 10.1 Å². The lowest BCUT2D eigenvalue weighted by molar-refractivity contribution is -0.0609. The molecule has 0 radical (unpaired) electrons. The molecule has 18 heavy (non-hydrogen) atoms. The van der Waals surface area contributed by atoms with Gasteiger partial charge in [0.25, 0.3) is 0 Å². The molecule has 2 rings (SSSR count). The van der Waals surface area contributed by atoms with Gasteiger partial charge < -0.3 is 14.6 Å². The first kappa shape index (κ1) is 13.3. The summed E-state index contributed by atoms with van der Waals surface area (Å²) in [6, 6.07) is 0.762. The predicted molar refractivity (Wildman–Crippen MR) is 69.4 cm³/mol. The van der Waals surface area contributed by atoms with Gasteiger partial charge in [0, 0.05) is 13.2 Å². The van der Waals surface area contributed by atoms with E-state index in [1.165, 1.54) is 0 Å². The monoisotopic (exact) mass is 253 g/mol. The van der Waals surface area contributed by atoms with Crippen LogP contribution in [0.2, 0.25) is 0 Å². The third-order valence-corrected chi connectivity index (χ3v) is 3.72. The minimum Gasteiger partial charge on any atom is -0.370 e. The van der Waals surface area contributed by atoms with Crippen molar-refractivity contribution in [3.05, 3.63) is 5.82 Å². The molecule has 0 atom stereocenters. The second kappa shape index (κ2) is 5.26. The number of ether oxygens (including phenoxy) is 1. The molecular weight excluding hydrogens is 230 g/mol. The zero-order valence-corrected chi connectivity index (χ0v) is 11.7. The largest absolute Gasteiger partial charge is 0.370 e. The third kappa shape index (κ3) is 2.66. The highest BCUT2D eigenvalue weighted by Crippen LogP contribution is 2.40. The highest BCUT2D eigenvalue weighted by Gasteiger charge is 2.40. The molecule has 0 aliphatic heterocycles. The molecule has 0 spiro atoms. The summed E-state index contributed by atoms with van der Waals surface area (Å²) >= 11 is 0. The first-order chi connectivity index (χ1) is 8.55. The standard InChI is InChI=1S/C13H23N3O2/c1-9(2)14-12-15-11(16-18-12)13(17-4)7-5-10(3)6-8-13/h9-10H,5-8H2,1-4H3,(H,14,15,16). The summed E-state index contributed by atoms with van der Waals surface area (Å²) in [5, 5.41) is 7.21. The highest BCUT2D eigenvalue weighted by molar-refractivity contribution is 5.21. The minimum absolute atomic E-state index is 0.281. The van der Waals surface area contributed by atoms with Gasteiger partial charge in [0.15, 0.2) is 0 Å². The number of rotatable bonds is 4. The number of aromatic nitrogens is 2. The quantitative estimate of drug-likeness (QED) is 0.894. The summed E-state index contributed by atoms with van der Waals surface area (Å²) in [7, 11) is 1.74. The topological polar surface area (TPSA) is 60.2 Å².